The lowest BCUT2D eigenvalue weighted by molar-refractivity contribution is 0.102. The molecule has 1 amide bonds. The molecule has 1 aliphatic heterocycles. The minimum atomic E-state index is -3.12. The van der Waals surface area contributed by atoms with Gasteiger partial charge in [-0.3, -0.25) is 9.69 Å². The van der Waals surface area contributed by atoms with Gasteiger partial charge in [0.2, 0.25) is 10.0 Å². The number of carbonyl (C=O) groups excluding carboxylic acids is 1. The van der Waals surface area contributed by atoms with Gasteiger partial charge in [-0.2, -0.15) is 4.31 Å². The number of nitrogens with one attached hydrogen (secondary N) is 1. The molecule has 2 aromatic rings. The SMILES string of the molecule is CC(C)Oc1ccc(NC(=O)c2ccc(CN3CCN(S(C)(=O)=O)CC3)cc2)cc1. The largest absolute Gasteiger partial charge is 0.491 e. The summed E-state index contributed by atoms with van der Waals surface area (Å²) in [5, 5.41) is 2.89. The number of nitrogens with zero attached hydrogens (tertiary/aromatic N) is 2. The van der Waals surface area contributed by atoms with Crippen LogP contribution in [0.3, 0.4) is 0 Å². The Hall–Kier alpha value is -2.42. The average molecular weight is 432 g/mol. The van der Waals surface area contributed by atoms with Gasteiger partial charge in [-0.1, -0.05) is 12.1 Å². The first kappa shape index (κ1) is 22.3. The Morgan fingerprint density at radius 1 is 1.00 bits per heavy atom. The summed E-state index contributed by atoms with van der Waals surface area (Å²) in [6.45, 7) is 7.10. The maximum absolute atomic E-state index is 12.5. The van der Waals surface area contributed by atoms with E-state index in [1.807, 2.05) is 62.4 Å². The molecule has 1 aliphatic rings. The zero-order valence-electron chi connectivity index (χ0n) is 17.7. The van der Waals surface area contributed by atoms with Crippen LogP contribution in [0.25, 0.3) is 0 Å². The fourth-order valence-corrected chi connectivity index (χ4v) is 4.16. The highest BCUT2D eigenvalue weighted by Gasteiger charge is 2.23. The van der Waals surface area contributed by atoms with E-state index >= 15 is 0 Å². The number of hydrogen-bond donors (Lipinski definition) is 1. The second-order valence-electron chi connectivity index (χ2n) is 7.78. The van der Waals surface area contributed by atoms with Gasteiger partial charge < -0.3 is 10.1 Å². The molecule has 0 aliphatic carbocycles. The lowest BCUT2D eigenvalue weighted by atomic mass is 10.1. The van der Waals surface area contributed by atoms with E-state index in [1.165, 1.54) is 10.6 Å². The third kappa shape index (κ3) is 6.29. The Labute approximate surface area is 178 Å². The van der Waals surface area contributed by atoms with E-state index in [2.05, 4.69) is 10.2 Å². The van der Waals surface area contributed by atoms with Crippen LogP contribution in [0.4, 0.5) is 5.69 Å². The van der Waals surface area contributed by atoms with Crippen molar-refractivity contribution in [3.05, 3.63) is 59.7 Å². The Kier molecular flexibility index (Phi) is 7.12. The Morgan fingerprint density at radius 2 is 1.60 bits per heavy atom. The smallest absolute Gasteiger partial charge is 0.255 e. The first-order valence-electron chi connectivity index (χ1n) is 10.1. The van der Waals surface area contributed by atoms with Gasteiger partial charge in [-0.15, -0.1) is 0 Å². The maximum atomic E-state index is 12.5. The molecular weight excluding hydrogens is 402 g/mol. The van der Waals surface area contributed by atoms with Crippen molar-refractivity contribution in [2.45, 2.75) is 26.5 Å². The number of sulfonamides is 1. The van der Waals surface area contributed by atoms with E-state index in [0.29, 0.717) is 37.4 Å². The van der Waals surface area contributed by atoms with Crippen molar-refractivity contribution in [1.82, 2.24) is 9.21 Å². The summed E-state index contributed by atoms with van der Waals surface area (Å²) in [5.41, 5.74) is 2.39. The van der Waals surface area contributed by atoms with Crippen molar-refractivity contribution in [3.8, 4) is 5.75 Å². The van der Waals surface area contributed by atoms with Crippen LogP contribution >= 0.6 is 0 Å². The van der Waals surface area contributed by atoms with Crippen molar-refractivity contribution in [2.24, 2.45) is 0 Å². The molecule has 2 aromatic carbocycles. The van der Waals surface area contributed by atoms with Crippen LogP contribution in [-0.2, 0) is 16.6 Å². The van der Waals surface area contributed by atoms with Crippen molar-refractivity contribution in [3.63, 3.8) is 0 Å². The highest BCUT2D eigenvalue weighted by Crippen LogP contribution is 2.18. The fourth-order valence-electron chi connectivity index (χ4n) is 3.33. The predicted molar refractivity (Wildman–Crippen MR) is 118 cm³/mol. The van der Waals surface area contributed by atoms with Gasteiger partial charge >= 0.3 is 0 Å². The van der Waals surface area contributed by atoms with Crippen LogP contribution in [0.5, 0.6) is 5.75 Å². The van der Waals surface area contributed by atoms with Gasteiger partial charge in [-0.25, -0.2) is 8.42 Å². The number of anilines is 1. The monoisotopic (exact) mass is 431 g/mol. The third-order valence-electron chi connectivity index (χ3n) is 4.91. The number of rotatable bonds is 7. The summed E-state index contributed by atoms with van der Waals surface area (Å²) >= 11 is 0. The number of amides is 1. The quantitative estimate of drug-likeness (QED) is 0.729. The number of ether oxygens (including phenoxy) is 1. The zero-order valence-corrected chi connectivity index (χ0v) is 18.5. The molecule has 0 saturated carbocycles. The number of benzene rings is 2. The predicted octanol–water partition coefficient (Wildman–Crippen LogP) is 2.80. The molecule has 1 saturated heterocycles. The molecule has 0 unspecified atom stereocenters. The van der Waals surface area contributed by atoms with Crippen LogP contribution in [0, 0.1) is 0 Å². The van der Waals surface area contributed by atoms with Crippen molar-refractivity contribution in [2.75, 3.05) is 37.8 Å². The summed E-state index contributed by atoms with van der Waals surface area (Å²) < 4.78 is 30.3. The lowest BCUT2D eigenvalue weighted by Crippen LogP contribution is -2.47. The van der Waals surface area contributed by atoms with Gasteiger partial charge in [0.05, 0.1) is 12.4 Å². The summed E-state index contributed by atoms with van der Waals surface area (Å²) in [7, 11) is -3.12. The number of piperazine rings is 1. The molecule has 0 spiro atoms. The van der Waals surface area contributed by atoms with E-state index < -0.39 is 10.0 Å². The minimum Gasteiger partial charge on any atom is -0.491 e. The molecule has 0 bridgehead atoms. The van der Waals surface area contributed by atoms with Crippen LogP contribution in [-0.4, -0.2) is 62.1 Å². The summed E-state index contributed by atoms with van der Waals surface area (Å²) in [4.78, 5) is 14.7. The van der Waals surface area contributed by atoms with E-state index in [9.17, 15) is 13.2 Å². The number of carbonyl (C=O) groups is 1. The fraction of sp³-hybridized carbons (Fsp3) is 0.409. The topological polar surface area (TPSA) is 79.0 Å². The van der Waals surface area contributed by atoms with E-state index in [-0.39, 0.29) is 12.0 Å². The van der Waals surface area contributed by atoms with E-state index in [4.69, 9.17) is 4.74 Å². The summed E-state index contributed by atoms with van der Waals surface area (Å²) in [6.07, 6.45) is 1.35. The lowest BCUT2D eigenvalue weighted by Gasteiger charge is -2.33. The Morgan fingerprint density at radius 3 is 2.13 bits per heavy atom. The molecule has 1 N–H and O–H groups in total. The van der Waals surface area contributed by atoms with Gasteiger partial charge in [0.1, 0.15) is 5.75 Å². The molecule has 3 rings (SSSR count). The molecular formula is C22H29N3O4S. The molecule has 7 nitrogen and oxygen atoms in total. The Bertz CT molecular complexity index is 949. The van der Waals surface area contributed by atoms with Crippen molar-refractivity contribution >= 4 is 21.6 Å². The van der Waals surface area contributed by atoms with Gasteiger partial charge in [0.25, 0.3) is 5.91 Å². The first-order chi connectivity index (χ1) is 14.2. The second kappa shape index (κ2) is 9.59. The number of hydrogen-bond acceptors (Lipinski definition) is 5. The second-order valence-corrected chi connectivity index (χ2v) is 9.76. The average Bonchev–Trinajstić information content (AvgIpc) is 2.69. The molecule has 0 radical (unpaired) electrons. The maximum Gasteiger partial charge on any atom is 0.255 e. The van der Waals surface area contributed by atoms with Gasteiger partial charge in [-0.05, 0) is 55.8 Å². The summed E-state index contributed by atoms with van der Waals surface area (Å²) in [6, 6.07) is 14.8. The molecule has 30 heavy (non-hydrogen) atoms. The molecule has 1 heterocycles. The normalized spacial score (nSPS) is 15.9. The van der Waals surface area contributed by atoms with Gasteiger partial charge in [0, 0.05) is 44.0 Å². The molecule has 0 aromatic heterocycles. The van der Waals surface area contributed by atoms with Crippen LogP contribution in [0.2, 0.25) is 0 Å². The van der Waals surface area contributed by atoms with Crippen LogP contribution < -0.4 is 10.1 Å². The zero-order chi connectivity index (χ0) is 21.7. The molecule has 0 atom stereocenters. The van der Waals surface area contributed by atoms with Crippen LogP contribution in [0.1, 0.15) is 29.8 Å². The molecule has 1 fully saturated rings. The van der Waals surface area contributed by atoms with Crippen molar-refractivity contribution in [1.29, 1.82) is 0 Å². The Balaban J connectivity index is 1.52. The molecule has 8 heteroatoms. The van der Waals surface area contributed by atoms with E-state index in [1.54, 1.807) is 0 Å². The van der Waals surface area contributed by atoms with Crippen LogP contribution in [0.15, 0.2) is 48.5 Å². The third-order valence-corrected chi connectivity index (χ3v) is 6.21. The molecule has 162 valence electrons. The first-order valence-corrected chi connectivity index (χ1v) is 11.9. The summed E-state index contributed by atoms with van der Waals surface area (Å²) in [5.74, 6) is 0.602. The minimum absolute atomic E-state index is 0.104. The highest BCUT2D eigenvalue weighted by molar-refractivity contribution is 7.88. The van der Waals surface area contributed by atoms with E-state index in [0.717, 1.165) is 17.9 Å². The highest BCUT2D eigenvalue weighted by atomic mass is 32.2. The van der Waals surface area contributed by atoms with Gasteiger partial charge in [0.15, 0.2) is 0 Å². The standard InChI is InChI=1S/C22H29N3O4S/c1-17(2)29-21-10-8-20(9-11-21)23-22(26)19-6-4-18(5-7-19)16-24-12-14-25(15-13-24)30(3,27)28/h4-11,17H,12-16H2,1-3H3,(H,23,26). The van der Waals surface area contributed by atoms with Crippen molar-refractivity contribution < 1.29 is 17.9 Å².